The summed E-state index contributed by atoms with van der Waals surface area (Å²) >= 11 is 5.81. The molecule has 1 heterocycles. The molecule has 0 spiro atoms. The molecule has 0 aliphatic rings. The normalized spacial score (nSPS) is 10.1. The Labute approximate surface area is 85.8 Å². The monoisotopic (exact) mass is 206 g/mol. The lowest BCUT2D eigenvalue weighted by Gasteiger charge is -1.99. The smallest absolute Gasteiger partial charge is 0.185 e. The van der Waals surface area contributed by atoms with Crippen LogP contribution in [0.3, 0.4) is 0 Å². The first-order chi connectivity index (χ1) is 6.75. The molecule has 0 bridgehead atoms. The summed E-state index contributed by atoms with van der Waals surface area (Å²) < 4.78 is 5.19. The van der Waals surface area contributed by atoms with Crippen LogP contribution in [0.5, 0.6) is 0 Å². The van der Waals surface area contributed by atoms with Crippen LogP contribution < -0.4 is 5.43 Å². The van der Waals surface area contributed by atoms with Crippen LogP contribution in [0.15, 0.2) is 51.9 Å². The molecule has 0 saturated carbocycles. The standard InChI is InChI=1S/C11H7ClO2/c12-9-3-1-2-8(6-9)11-7-10(13)4-5-14-11/h1-7H. The van der Waals surface area contributed by atoms with Gasteiger partial charge in [-0.2, -0.15) is 0 Å². The van der Waals surface area contributed by atoms with Gasteiger partial charge in [-0.15, -0.1) is 0 Å². The minimum Gasteiger partial charge on any atom is -0.464 e. The van der Waals surface area contributed by atoms with Crippen molar-refractivity contribution in [2.75, 3.05) is 0 Å². The van der Waals surface area contributed by atoms with Gasteiger partial charge in [0.25, 0.3) is 0 Å². The van der Waals surface area contributed by atoms with E-state index in [2.05, 4.69) is 0 Å². The van der Waals surface area contributed by atoms with E-state index in [1.165, 1.54) is 18.4 Å². The van der Waals surface area contributed by atoms with E-state index < -0.39 is 0 Å². The summed E-state index contributed by atoms with van der Waals surface area (Å²) in [7, 11) is 0. The van der Waals surface area contributed by atoms with Crippen LogP contribution in [0.4, 0.5) is 0 Å². The Morgan fingerprint density at radius 2 is 2.00 bits per heavy atom. The SMILES string of the molecule is O=c1ccoc(-c2cccc(Cl)c2)c1. The van der Waals surface area contributed by atoms with Crippen molar-refractivity contribution in [1.29, 1.82) is 0 Å². The maximum atomic E-state index is 11.1. The van der Waals surface area contributed by atoms with Crippen LogP contribution in [0, 0.1) is 0 Å². The number of rotatable bonds is 1. The van der Waals surface area contributed by atoms with E-state index in [9.17, 15) is 4.79 Å². The van der Waals surface area contributed by atoms with Crippen molar-refractivity contribution in [3.63, 3.8) is 0 Å². The third kappa shape index (κ3) is 1.86. The van der Waals surface area contributed by atoms with Gasteiger partial charge in [-0.25, -0.2) is 0 Å². The van der Waals surface area contributed by atoms with Gasteiger partial charge in [0, 0.05) is 22.7 Å². The summed E-state index contributed by atoms with van der Waals surface area (Å²) in [5.74, 6) is 0.528. The van der Waals surface area contributed by atoms with E-state index in [-0.39, 0.29) is 5.43 Å². The van der Waals surface area contributed by atoms with Gasteiger partial charge < -0.3 is 4.42 Å². The van der Waals surface area contributed by atoms with Crippen LogP contribution in [-0.4, -0.2) is 0 Å². The van der Waals surface area contributed by atoms with E-state index in [0.29, 0.717) is 10.8 Å². The number of halogens is 1. The maximum absolute atomic E-state index is 11.1. The van der Waals surface area contributed by atoms with E-state index in [0.717, 1.165) is 5.56 Å². The molecule has 0 unspecified atom stereocenters. The third-order valence-corrected chi connectivity index (χ3v) is 2.04. The average molecular weight is 207 g/mol. The molecule has 14 heavy (non-hydrogen) atoms. The quantitative estimate of drug-likeness (QED) is 0.718. The molecule has 2 nitrogen and oxygen atoms in total. The lowest BCUT2D eigenvalue weighted by atomic mass is 10.1. The molecule has 2 rings (SSSR count). The largest absolute Gasteiger partial charge is 0.464 e. The van der Waals surface area contributed by atoms with Gasteiger partial charge in [-0.1, -0.05) is 23.7 Å². The Balaban J connectivity index is 2.55. The van der Waals surface area contributed by atoms with E-state index >= 15 is 0 Å². The number of benzene rings is 1. The first-order valence-electron chi connectivity index (χ1n) is 4.10. The lowest BCUT2D eigenvalue weighted by Crippen LogP contribution is -1.94. The molecule has 0 aliphatic carbocycles. The predicted octanol–water partition coefficient (Wildman–Crippen LogP) is 2.96. The minimum absolute atomic E-state index is 0.0776. The highest BCUT2D eigenvalue weighted by Crippen LogP contribution is 2.20. The molecule has 2 aromatic rings. The molecule has 1 aromatic carbocycles. The fraction of sp³-hybridized carbons (Fsp3) is 0. The number of hydrogen-bond acceptors (Lipinski definition) is 2. The molecule has 0 aliphatic heterocycles. The minimum atomic E-state index is -0.0776. The highest BCUT2D eigenvalue weighted by atomic mass is 35.5. The molecular weight excluding hydrogens is 200 g/mol. The van der Waals surface area contributed by atoms with Gasteiger partial charge in [0.2, 0.25) is 0 Å². The van der Waals surface area contributed by atoms with Gasteiger partial charge in [-0.3, -0.25) is 4.79 Å². The second kappa shape index (κ2) is 3.68. The van der Waals surface area contributed by atoms with Gasteiger partial charge in [0.05, 0.1) is 6.26 Å². The summed E-state index contributed by atoms with van der Waals surface area (Å²) in [6, 6.07) is 9.97. The average Bonchev–Trinajstić information content (AvgIpc) is 2.18. The molecule has 0 atom stereocenters. The topological polar surface area (TPSA) is 30.2 Å². The van der Waals surface area contributed by atoms with Crippen molar-refractivity contribution in [3.05, 3.63) is 57.9 Å². The second-order valence-electron chi connectivity index (χ2n) is 2.84. The van der Waals surface area contributed by atoms with Crippen LogP contribution >= 0.6 is 11.6 Å². The first kappa shape index (κ1) is 9.03. The van der Waals surface area contributed by atoms with Gasteiger partial charge in [-0.05, 0) is 12.1 Å². The van der Waals surface area contributed by atoms with Gasteiger partial charge in [0.15, 0.2) is 5.43 Å². The maximum Gasteiger partial charge on any atom is 0.185 e. The highest BCUT2D eigenvalue weighted by Gasteiger charge is 2.00. The van der Waals surface area contributed by atoms with Crippen molar-refractivity contribution in [3.8, 4) is 11.3 Å². The molecule has 3 heteroatoms. The molecule has 1 aromatic heterocycles. The Kier molecular flexibility index (Phi) is 2.37. The Morgan fingerprint density at radius 3 is 2.71 bits per heavy atom. The van der Waals surface area contributed by atoms with Crippen molar-refractivity contribution >= 4 is 11.6 Å². The third-order valence-electron chi connectivity index (χ3n) is 1.81. The molecule has 0 amide bonds. The van der Waals surface area contributed by atoms with E-state index in [1.807, 2.05) is 12.1 Å². The molecule has 70 valence electrons. The van der Waals surface area contributed by atoms with Crippen LogP contribution in [-0.2, 0) is 0 Å². The van der Waals surface area contributed by atoms with Crippen molar-refractivity contribution in [1.82, 2.24) is 0 Å². The molecule has 0 N–H and O–H groups in total. The van der Waals surface area contributed by atoms with Gasteiger partial charge >= 0.3 is 0 Å². The van der Waals surface area contributed by atoms with E-state index in [1.54, 1.807) is 12.1 Å². The summed E-state index contributed by atoms with van der Waals surface area (Å²) in [4.78, 5) is 11.1. The predicted molar refractivity (Wildman–Crippen MR) is 55.4 cm³/mol. The zero-order chi connectivity index (χ0) is 9.97. The van der Waals surface area contributed by atoms with Crippen molar-refractivity contribution < 1.29 is 4.42 Å². The second-order valence-corrected chi connectivity index (χ2v) is 3.28. The molecular formula is C11H7ClO2. The Hall–Kier alpha value is -1.54. The van der Waals surface area contributed by atoms with Crippen LogP contribution in [0.2, 0.25) is 5.02 Å². The molecule has 0 fully saturated rings. The fourth-order valence-electron chi connectivity index (χ4n) is 1.18. The number of hydrogen-bond donors (Lipinski definition) is 0. The zero-order valence-corrected chi connectivity index (χ0v) is 7.99. The Bertz CT molecular complexity index is 502. The zero-order valence-electron chi connectivity index (χ0n) is 7.24. The summed E-state index contributed by atoms with van der Waals surface area (Å²) in [6.45, 7) is 0. The summed E-state index contributed by atoms with van der Waals surface area (Å²) in [5, 5.41) is 0.619. The first-order valence-corrected chi connectivity index (χ1v) is 4.48. The summed E-state index contributed by atoms with van der Waals surface area (Å²) in [6.07, 6.45) is 1.37. The van der Waals surface area contributed by atoms with Crippen LogP contribution in [0.1, 0.15) is 0 Å². The van der Waals surface area contributed by atoms with Crippen molar-refractivity contribution in [2.24, 2.45) is 0 Å². The molecule has 0 radical (unpaired) electrons. The highest BCUT2D eigenvalue weighted by molar-refractivity contribution is 6.30. The van der Waals surface area contributed by atoms with Crippen LogP contribution in [0.25, 0.3) is 11.3 Å². The Morgan fingerprint density at radius 1 is 1.14 bits per heavy atom. The molecule has 0 saturated heterocycles. The summed E-state index contributed by atoms with van der Waals surface area (Å²) in [5.41, 5.74) is 0.724. The van der Waals surface area contributed by atoms with Crippen molar-refractivity contribution in [2.45, 2.75) is 0 Å². The van der Waals surface area contributed by atoms with E-state index in [4.69, 9.17) is 16.0 Å². The lowest BCUT2D eigenvalue weighted by molar-refractivity contribution is 0.564. The fourth-order valence-corrected chi connectivity index (χ4v) is 1.37. The van der Waals surface area contributed by atoms with Gasteiger partial charge in [0.1, 0.15) is 5.76 Å².